The third-order valence-electron chi connectivity index (χ3n) is 4.42. The van der Waals surface area contributed by atoms with E-state index in [0.29, 0.717) is 10.8 Å². The zero-order valence-corrected chi connectivity index (χ0v) is 14.5. The van der Waals surface area contributed by atoms with E-state index in [1.54, 1.807) is 12.1 Å². The Kier molecular flexibility index (Phi) is 4.60. The first-order valence-corrected chi connectivity index (χ1v) is 9.62. The molecule has 23 heavy (non-hydrogen) atoms. The molecule has 0 bridgehead atoms. The fourth-order valence-electron chi connectivity index (χ4n) is 2.87. The van der Waals surface area contributed by atoms with Gasteiger partial charge in [-0.1, -0.05) is 18.2 Å². The highest BCUT2D eigenvalue weighted by Gasteiger charge is 2.28. The van der Waals surface area contributed by atoms with Crippen molar-refractivity contribution >= 4 is 16.1 Å². The maximum atomic E-state index is 12.5. The second kappa shape index (κ2) is 6.36. The summed E-state index contributed by atoms with van der Waals surface area (Å²) in [5.74, 6) is 0.639. The van der Waals surface area contributed by atoms with Crippen molar-refractivity contribution in [3.63, 3.8) is 0 Å². The minimum Gasteiger partial charge on any atom is -0.324 e. The minimum atomic E-state index is -3.48. The number of sulfonamides is 1. The second-order valence-electron chi connectivity index (χ2n) is 6.82. The summed E-state index contributed by atoms with van der Waals surface area (Å²) in [5, 5.41) is 0. The third-order valence-corrected chi connectivity index (χ3v) is 5.93. The van der Waals surface area contributed by atoms with Gasteiger partial charge in [0.15, 0.2) is 0 Å². The van der Waals surface area contributed by atoms with Gasteiger partial charge in [-0.15, -0.1) is 0 Å². The van der Waals surface area contributed by atoms with Crippen LogP contribution in [-0.4, -0.2) is 39.5 Å². The van der Waals surface area contributed by atoms with E-state index in [4.69, 9.17) is 5.73 Å². The molecule has 1 aromatic carbocycles. The molecule has 1 aliphatic carbocycles. The van der Waals surface area contributed by atoms with Crippen LogP contribution in [0.25, 0.3) is 6.08 Å². The van der Waals surface area contributed by atoms with Gasteiger partial charge in [-0.3, -0.25) is 0 Å². The number of nitrogens with two attached hydrogens (primary N) is 1. The molecule has 0 spiro atoms. The standard InChI is InChI=1S/C17H25N3O2S/c1-12(18)17-8-7-16(9-14(17)6-5-13-3-4-13)23(21,22)19-15-10-20(2)11-15/h5-9,12-13,15,19H,3-4,10-11,18H2,1-2H3/b6-5+/t12-/m0/s1. The summed E-state index contributed by atoms with van der Waals surface area (Å²) in [5.41, 5.74) is 7.90. The van der Waals surface area contributed by atoms with Crippen LogP contribution in [0.15, 0.2) is 29.2 Å². The van der Waals surface area contributed by atoms with Crippen molar-refractivity contribution in [3.8, 4) is 0 Å². The molecule has 3 rings (SSSR count). The smallest absolute Gasteiger partial charge is 0.240 e. The van der Waals surface area contributed by atoms with Crippen molar-refractivity contribution in [2.75, 3.05) is 20.1 Å². The van der Waals surface area contributed by atoms with E-state index >= 15 is 0 Å². The fraction of sp³-hybridized carbons (Fsp3) is 0.529. The summed E-state index contributed by atoms with van der Waals surface area (Å²) in [6, 6.07) is 5.10. The van der Waals surface area contributed by atoms with E-state index in [-0.39, 0.29) is 12.1 Å². The van der Waals surface area contributed by atoms with Crippen molar-refractivity contribution in [1.82, 2.24) is 9.62 Å². The molecule has 2 fully saturated rings. The van der Waals surface area contributed by atoms with E-state index < -0.39 is 10.0 Å². The number of nitrogens with one attached hydrogen (secondary N) is 1. The third kappa shape index (κ3) is 4.01. The van der Waals surface area contributed by atoms with Crippen LogP contribution in [0.4, 0.5) is 0 Å². The number of hydrogen-bond acceptors (Lipinski definition) is 4. The Hall–Kier alpha value is -1.21. The molecule has 1 atom stereocenters. The lowest BCUT2D eigenvalue weighted by molar-refractivity contribution is 0.180. The largest absolute Gasteiger partial charge is 0.324 e. The molecule has 6 heteroatoms. The Morgan fingerprint density at radius 2 is 2.04 bits per heavy atom. The normalized spacial score (nSPS) is 21.5. The van der Waals surface area contributed by atoms with Crippen molar-refractivity contribution in [3.05, 3.63) is 35.4 Å². The molecule has 3 N–H and O–H groups in total. The van der Waals surface area contributed by atoms with Crippen LogP contribution in [0.2, 0.25) is 0 Å². The average molecular weight is 335 g/mol. The van der Waals surface area contributed by atoms with Crippen molar-refractivity contribution < 1.29 is 8.42 Å². The Morgan fingerprint density at radius 3 is 2.61 bits per heavy atom. The van der Waals surface area contributed by atoms with E-state index in [1.165, 1.54) is 12.8 Å². The minimum absolute atomic E-state index is 0.00330. The van der Waals surface area contributed by atoms with Gasteiger partial charge in [-0.05, 0) is 56.0 Å². The number of nitrogens with zero attached hydrogens (tertiary/aromatic N) is 1. The van der Waals surface area contributed by atoms with Crippen molar-refractivity contribution in [2.24, 2.45) is 11.7 Å². The second-order valence-corrected chi connectivity index (χ2v) is 8.53. The van der Waals surface area contributed by atoms with Gasteiger partial charge < -0.3 is 10.6 Å². The molecule has 126 valence electrons. The first kappa shape index (κ1) is 16.6. The lowest BCUT2D eigenvalue weighted by Gasteiger charge is -2.36. The summed E-state index contributed by atoms with van der Waals surface area (Å²) >= 11 is 0. The zero-order chi connectivity index (χ0) is 16.6. The Morgan fingerprint density at radius 1 is 1.35 bits per heavy atom. The van der Waals surface area contributed by atoms with Crippen molar-refractivity contribution in [2.45, 2.75) is 36.7 Å². The van der Waals surface area contributed by atoms with Gasteiger partial charge in [-0.25, -0.2) is 13.1 Å². The maximum absolute atomic E-state index is 12.5. The Balaban J connectivity index is 1.85. The molecule has 1 heterocycles. The maximum Gasteiger partial charge on any atom is 0.240 e. The summed E-state index contributed by atoms with van der Waals surface area (Å²) < 4.78 is 27.8. The predicted molar refractivity (Wildman–Crippen MR) is 92.4 cm³/mol. The van der Waals surface area contributed by atoms with Gasteiger partial charge in [0.05, 0.1) is 4.90 Å². The molecule has 1 aliphatic heterocycles. The zero-order valence-electron chi connectivity index (χ0n) is 13.7. The predicted octanol–water partition coefficient (Wildman–Crippen LogP) is 1.72. The summed E-state index contributed by atoms with van der Waals surface area (Å²) in [7, 11) is -1.51. The van der Waals surface area contributed by atoms with Crippen molar-refractivity contribution in [1.29, 1.82) is 0 Å². The molecule has 5 nitrogen and oxygen atoms in total. The molecule has 1 aromatic rings. The van der Waals surface area contributed by atoms with Gasteiger partial charge >= 0.3 is 0 Å². The number of likely N-dealkylation sites (N-methyl/N-ethyl adjacent to an activating group) is 1. The molecule has 0 aromatic heterocycles. The highest BCUT2D eigenvalue weighted by atomic mass is 32.2. The summed E-state index contributed by atoms with van der Waals surface area (Å²) in [6.07, 6.45) is 6.62. The van der Waals surface area contributed by atoms with Crippen LogP contribution < -0.4 is 10.5 Å². The van der Waals surface area contributed by atoms with Crippen LogP contribution in [0, 0.1) is 5.92 Å². The lowest BCUT2D eigenvalue weighted by atomic mass is 10.0. The Labute approximate surface area is 138 Å². The molecule has 1 saturated heterocycles. The monoisotopic (exact) mass is 335 g/mol. The number of rotatable bonds is 6. The van der Waals surface area contributed by atoms with Gasteiger partial charge in [-0.2, -0.15) is 0 Å². The highest BCUT2D eigenvalue weighted by Crippen LogP contribution is 2.32. The Bertz CT molecular complexity index is 703. The highest BCUT2D eigenvalue weighted by molar-refractivity contribution is 7.89. The molecule has 2 aliphatic rings. The number of benzene rings is 1. The number of allylic oxidation sites excluding steroid dienone is 1. The first-order valence-electron chi connectivity index (χ1n) is 8.14. The summed E-state index contributed by atoms with van der Waals surface area (Å²) in [4.78, 5) is 2.39. The molecule has 0 radical (unpaired) electrons. The topological polar surface area (TPSA) is 75.4 Å². The quantitative estimate of drug-likeness (QED) is 0.830. The number of likely N-dealkylation sites (tertiary alicyclic amines) is 1. The van der Waals surface area contributed by atoms with Gasteiger partial charge in [0, 0.05) is 25.2 Å². The van der Waals surface area contributed by atoms with Crippen LogP contribution >= 0.6 is 0 Å². The molecular formula is C17H25N3O2S. The first-order chi connectivity index (χ1) is 10.8. The average Bonchev–Trinajstić information content (AvgIpc) is 3.27. The van der Waals surface area contributed by atoms with E-state index in [9.17, 15) is 8.42 Å². The van der Waals surface area contributed by atoms with Crippen LogP contribution in [0.1, 0.15) is 36.9 Å². The van der Waals surface area contributed by atoms with Crippen LogP contribution in [0.5, 0.6) is 0 Å². The van der Waals surface area contributed by atoms with Crippen LogP contribution in [0.3, 0.4) is 0 Å². The fourth-order valence-corrected chi connectivity index (χ4v) is 4.12. The van der Waals surface area contributed by atoms with Gasteiger partial charge in [0.1, 0.15) is 0 Å². The van der Waals surface area contributed by atoms with E-state index in [2.05, 4.69) is 15.7 Å². The molecular weight excluding hydrogens is 310 g/mol. The van der Waals surface area contributed by atoms with Gasteiger partial charge in [0.25, 0.3) is 0 Å². The lowest BCUT2D eigenvalue weighted by Crippen LogP contribution is -2.57. The molecule has 0 unspecified atom stereocenters. The summed E-state index contributed by atoms with van der Waals surface area (Å²) in [6.45, 7) is 3.43. The molecule has 0 amide bonds. The van der Waals surface area contributed by atoms with Crippen LogP contribution in [-0.2, 0) is 10.0 Å². The van der Waals surface area contributed by atoms with Gasteiger partial charge in [0.2, 0.25) is 10.0 Å². The SMILES string of the molecule is C[C@H](N)c1ccc(S(=O)(=O)NC2CN(C)C2)cc1/C=C/C1CC1. The number of hydrogen-bond donors (Lipinski definition) is 2. The van der Waals surface area contributed by atoms with E-state index in [1.807, 2.05) is 26.1 Å². The molecule has 1 saturated carbocycles. The van der Waals surface area contributed by atoms with E-state index in [0.717, 1.165) is 24.2 Å².